The van der Waals surface area contributed by atoms with Gasteiger partial charge in [-0.3, -0.25) is 0 Å². The highest BCUT2D eigenvalue weighted by Crippen LogP contribution is 2.40. The highest BCUT2D eigenvalue weighted by Gasteiger charge is 2.19. The van der Waals surface area contributed by atoms with Gasteiger partial charge in [0, 0.05) is 50.0 Å². The second-order valence-electron chi connectivity index (χ2n) is 12.5. The molecule has 4 heteroatoms. The van der Waals surface area contributed by atoms with Crippen LogP contribution in [0.2, 0.25) is 0 Å². The van der Waals surface area contributed by atoms with Crippen molar-refractivity contribution in [3.05, 3.63) is 157 Å². The number of hydrogen-bond donors (Lipinski definition) is 0. The highest BCUT2D eigenvalue weighted by molar-refractivity contribution is 6.17. The van der Waals surface area contributed by atoms with Crippen LogP contribution in [0.3, 0.4) is 0 Å². The number of para-hydroxylation sites is 1. The third-order valence-corrected chi connectivity index (χ3v) is 9.65. The molecule has 0 amide bonds. The third kappa shape index (κ3) is 4.30. The Kier molecular flexibility index (Phi) is 5.97. The van der Waals surface area contributed by atoms with Crippen molar-refractivity contribution in [1.29, 1.82) is 0 Å². The molecule has 6 aromatic carbocycles. The molecule has 10 rings (SSSR count). The van der Waals surface area contributed by atoms with E-state index in [0.717, 1.165) is 74.1 Å². The summed E-state index contributed by atoms with van der Waals surface area (Å²) >= 11 is 0. The van der Waals surface area contributed by atoms with Gasteiger partial charge in [0.1, 0.15) is 11.2 Å². The number of aromatic nitrogens is 3. The molecule has 9 aromatic rings. The van der Waals surface area contributed by atoms with Crippen molar-refractivity contribution >= 4 is 49.8 Å². The Morgan fingerprint density at radius 3 is 1.94 bits per heavy atom. The normalized spacial score (nSPS) is 12.8. The minimum absolute atomic E-state index is 0.701. The van der Waals surface area contributed by atoms with Gasteiger partial charge in [-0.25, -0.2) is 9.97 Å². The first-order chi connectivity index (χ1) is 23.8. The maximum atomic E-state index is 6.38. The fourth-order valence-electron chi connectivity index (χ4n) is 7.29. The molecule has 0 aliphatic heterocycles. The van der Waals surface area contributed by atoms with Gasteiger partial charge < -0.3 is 8.98 Å². The second kappa shape index (κ2) is 10.6. The lowest BCUT2D eigenvalue weighted by molar-refractivity contribution is 0.669. The lowest BCUT2D eigenvalue weighted by atomic mass is 9.95. The van der Waals surface area contributed by atoms with Gasteiger partial charge in [0.2, 0.25) is 0 Å². The maximum absolute atomic E-state index is 6.38. The fraction of sp³-hybridized carbons (Fsp3) is 0.0455. The molecule has 0 radical (unpaired) electrons. The highest BCUT2D eigenvalue weighted by atomic mass is 16.3. The smallest absolute Gasteiger partial charge is 0.160 e. The monoisotopic (exact) mass is 615 g/mol. The van der Waals surface area contributed by atoms with E-state index in [1.807, 2.05) is 48.5 Å². The van der Waals surface area contributed by atoms with E-state index in [2.05, 4.69) is 108 Å². The van der Waals surface area contributed by atoms with E-state index in [4.69, 9.17) is 14.4 Å². The number of aryl methyl sites for hydroxylation is 1. The quantitative estimate of drug-likeness (QED) is 0.198. The van der Waals surface area contributed by atoms with Crippen LogP contribution in [-0.2, 0) is 6.42 Å². The van der Waals surface area contributed by atoms with Crippen LogP contribution in [0, 0.1) is 0 Å². The van der Waals surface area contributed by atoms with Crippen LogP contribution in [0.1, 0.15) is 17.5 Å². The molecule has 0 N–H and O–H groups in total. The summed E-state index contributed by atoms with van der Waals surface area (Å²) in [7, 11) is 0. The predicted octanol–water partition coefficient (Wildman–Crippen LogP) is 11.4. The summed E-state index contributed by atoms with van der Waals surface area (Å²) < 4.78 is 8.75. The number of benzene rings is 6. The second-order valence-corrected chi connectivity index (χ2v) is 12.5. The van der Waals surface area contributed by atoms with Crippen LogP contribution in [0.25, 0.3) is 89.4 Å². The van der Waals surface area contributed by atoms with E-state index < -0.39 is 0 Å². The maximum Gasteiger partial charge on any atom is 0.160 e. The standard InChI is InChI=1S/C44H29N3O/c1-3-11-28(12-4-1)38-26-39(29-13-5-2-6-14-29)46-44(45-38)30-19-21-33(22-20-30)47-40-24-32-16-8-7-15-31(32)23-35(40)36-25-37-34-17-9-10-18-42(34)48-43(37)27-41(36)47/h1-6,8-14,16-27H,7,15H2. The molecular formula is C44H29N3O. The number of allylic oxidation sites excluding steroid dienone is 1. The summed E-state index contributed by atoms with van der Waals surface area (Å²) in [6.07, 6.45) is 6.69. The molecule has 0 bridgehead atoms. The topological polar surface area (TPSA) is 43.9 Å². The van der Waals surface area contributed by atoms with E-state index in [0.29, 0.717) is 5.82 Å². The van der Waals surface area contributed by atoms with Crippen molar-refractivity contribution in [2.24, 2.45) is 0 Å². The van der Waals surface area contributed by atoms with Gasteiger partial charge in [-0.1, -0.05) is 91.0 Å². The fourth-order valence-corrected chi connectivity index (χ4v) is 7.29. The molecule has 3 heterocycles. The molecule has 0 fully saturated rings. The zero-order chi connectivity index (χ0) is 31.6. The minimum Gasteiger partial charge on any atom is -0.456 e. The molecule has 0 saturated heterocycles. The lowest BCUT2D eigenvalue weighted by Gasteiger charge is -2.13. The summed E-state index contributed by atoms with van der Waals surface area (Å²) in [4.78, 5) is 10.1. The minimum atomic E-state index is 0.701. The summed E-state index contributed by atoms with van der Waals surface area (Å²) in [6.45, 7) is 0. The van der Waals surface area contributed by atoms with E-state index in [1.165, 1.54) is 27.4 Å². The Bertz CT molecular complexity index is 2640. The van der Waals surface area contributed by atoms with Gasteiger partial charge in [0.25, 0.3) is 0 Å². The van der Waals surface area contributed by atoms with E-state index in [9.17, 15) is 0 Å². The molecule has 3 aromatic heterocycles. The number of rotatable bonds is 4. The van der Waals surface area contributed by atoms with E-state index >= 15 is 0 Å². The van der Waals surface area contributed by atoms with Crippen molar-refractivity contribution in [3.63, 3.8) is 0 Å². The van der Waals surface area contributed by atoms with Crippen LogP contribution >= 0.6 is 0 Å². The van der Waals surface area contributed by atoms with Crippen LogP contribution < -0.4 is 0 Å². The first kappa shape index (κ1) is 26.9. The summed E-state index contributed by atoms with van der Waals surface area (Å²) in [5.41, 5.74) is 12.8. The first-order valence-corrected chi connectivity index (χ1v) is 16.5. The van der Waals surface area contributed by atoms with E-state index in [-0.39, 0.29) is 0 Å². The molecule has 1 aliphatic rings. The lowest BCUT2D eigenvalue weighted by Crippen LogP contribution is -1.98. The molecule has 0 saturated carbocycles. The Labute approximate surface area is 277 Å². The molecule has 4 nitrogen and oxygen atoms in total. The van der Waals surface area contributed by atoms with Crippen molar-refractivity contribution in [2.75, 3.05) is 0 Å². The predicted molar refractivity (Wildman–Crippen MR) is 197 cm³/mol. The average molecular weight is 616 g/mol. The van der Waals surface area contributed by atoms with Crippen molar-refractivity contribution in [3.8, 4) is 39.6 Å². The third-order valence-electron chi connectivity index (χ3n) is 9.65. The molecular weight excluding hydrogens is 587 g/mol. The van der Waals surface area contributed by atoms with Crippen LogP contribution in [0.4, 0.5) is 0 Å². The Morgan fingerprint density at radius 1 is 0.521 bits per heavy atom. The Hall–Kier alpha value is -6.26. The van der Waals surface area contributed by atoms with Gasteiger partial charge in [-0.05, 0) is 78.6 Å². The zero-order valence-electron chi connectivity index (χ0n) is 26.1. The van der Waals surface area contributed by atoms with E-state index in [1.54, 1.807) is 0 Å². The number of fused-ring (bicyclic) bond motifs is 7. The molecule has 0 atom stereocenters. The summed E-state index contributed by atoms with van der Waals surface area (Å²) in [5.74, 6) is 0.701. The molecule has 0 spiro atoms. The van der Waals surface area contributed by atoms with Crippen LogP contribution in [0.5, 0.6) is 0 Å². The zero-order valence-corrected chi connectivity index (χ0v) is 26.1. The van der Waals surface area contributed by atoms with Gasteiger partial charge in [0.05, 0.1) is 22.4 Å². The first-order valence-electron chi connectivity index (χ1n) is 16.5. The van der Waals surface area contributed by atoms with Crippen LogP contribution in [0.15, 0.2) is 150 Å². The van der Waals surface area contributed by atoms with Gasteiger partial charge in [-0.15, -0.1) is 0 Å². The molecule has 1 aliphatic carbocycles. The van der Waals surface area contributed by atoms with Gasteiger partial charge in [-0.2, -0.15) is 0 Å². The Morgan fingerprint density at radius 2 is 1.19 bits per heavy atom. The molecule has 0 unspecified atom stereocenters. The summed E-state index contributed by atoms with van der Waals surface area (Å²) in [6, 6.07) is 49.0. The van der Waals surface area contributed by atoms with Gasteiger partial charge in [0.15, 0.2) is 5.82 Å². The van der Waals surface area contributed by atoms with Crippen molar-refractivity contribution < 1.29 is 4.42 Å². The van der Waals surface area contributed by atoms with Crippen LogP contribution in [-0.4, -0.2) is 14.5 Å². The Balaban J connectivity index is 1.16. The number of hydrogen-bond acceptors (Lipinski definition) is 3. The van der Waals surface area contributed by atoms with Crippen molar-refractivity contribution in [1.82, 2.24) is 14.5 Å². The molecule has 48 heavy (non-hydrogen) atoms. The number of furan rings is 1. The SMILES string of the molecule is C1=Cc2cc3c(cc2CC1)c1cc2c(cc1n3-c1ccc(-c3nc(-c4ccccc4)cc(-c4ccccc4)n3)cc1)oc1ccccc12. The largest absolute Gasteiger partial charge is 0.456 e. The number of nitrogens with zero attached hydrogens (tertiary/aromatic N) is 3. The average Bonchev–Trinajstić information content (AvgIpc) is 3.67. The van der Waals surface area contributed by atoms with Gasteiger partial charge >= 0.3 is 0 Å². The molecule has 226 valence electrons. The summed E-state index contributed by atoms with van der Waals surface area (Å²) in [5, 5.41) is 4.79. The van der Waals surface area contributed by atoms with Crippen molar-refractivity contribution in [2.45, 2.75) is 12.8 Å².